The van der Waals surface area contributed by atoms with Gasteiger partial charge in [-0.05, 0) is 38.1 Å². The van der Waals surface area contributed by atoms with E-state index < -0.39 is 10.5 Å². The Morgan fingerprint density at radius 2 is 1.97 bits per heavy atom. The zero-order valence-electron chi connectivity index (χ0n) is 18.1. The Hall–Kier alpha value is -2.23. The molecule has 3 heterocycles. The highest BCUT2D eigenvalue weighted by atomic mass is 35.5. The Bertz CT molecular complexity index is 1220. The third-order valence-electron chi connectivity index (χ3n) is 6.92. The fraction of sp³-hybridized carbons (Fsp3) is 0.391. The smallest absolute Gasteiger partial charge is 0.182 e. The second kappa shape index (κ2) is 8.52. The van der Waals surface area contributed by atoms with Gasteiger partial charge in [-0.3, -0.25) is 0 Å². The molecule has 1 unspecified atom stereocenters. The van der Waals surface area contributed by atoms with E-state index in [0.29, 0.717) is 41.2 Å². The van der Waals surface area contributed by atoms with E-state index >= 15 is 0 Å². The van der Waals surface area contributed by atoms with Crippen LogP contribution >= 0.6 is 23.2 Å². The number of anilines is 2. The summed E-state index contributed by atoms with van der Waals surface area (Å²) in [6.07, 6.45) is 4.25. The summed E-state index contributed by atoms with van der Waals surface area (Å²) < 4.78 is 19.8. The number of hydroxylamine groups is 2. The molecule has 3 aromatic rings. The van der Waals surface area contributed by atoms with Crippen LogP contribution in [-0.4, -0.2) is 43.3 Å². The van der Waals surface area contributed by atoms with Gasteiger partial charge in [-0.1, -0.05) is 23.2 Å². The van der Waals surface area contributed by atoms with E-state index in [2.05, 4.69) is 20.6 Å². The Morgan fingerprint density at radius 1 is 1.18 bits per heavy atom. The van der Waals surface area contributed by atoms with Gasteiger partial charge in [0.2, 0.25) is 0 Å². The number of fused-ring (bicyclic) bond motifs is 1. The maximum atomic E-state index is 14.7. The van der Waals surface area contributed by atoms with Gasteiger partial charge in [-0.25, -0.2) is 14.4 Å². The van der Waals surface area contributed by atoms with Crippen molar-refractivity contribution in [1.29, 1.82) is 0 Å². The lowest BCUT2D eigenvalue weighted by atomic mass is 9.78. The van der Waals surface area contributed by atoms with Crippen molar-refractivity contribution < 1.29 is 9.13 Å². The van der Waals surface area contributed by atoms with Crippen molar-refractivity contribution in [3.05, 3.63) is 51.7 Å². The van der Waals surface area contributed by atoms with E-state index in [0.717, 1.165) is 32.4 Å². The number of hydrogen-bond donors (Lipinski definition) is 2. The molecule has 2 N–H and O–H groups in total. The van der Waals surface area contributed by atoms with Crippen molar-refractivity contribution >= 4 is 51.3 Å². The molecule has 2 aliphatic heterocycles. The number of aromatic nitrogens is 2. The number of hydrogen-bond acceptors (Lipinski definition) is 6. The van der Waals surface area contributed by atoms with Gasteiger partial charge < -0.3 is 25.2 Å². The average molecular weight is 492 g/mol. The monoisotopic (exact) mass is 491 g/mol. The second-order valence-electron chi connectivity index (χ2n) is 8.88. The summed E-state index contributed by atoms with van der Waals surface area (Å²) in [5.41, 5.74) is 1.29. The average Bonchev–Trinajstić information content (AvgIpc) is 3.15. The molecule has 2 saturated heterocycles. The van der Waals surface area contributed by atoms with Gasteiger partial charge in [0.15, 0.2) is 17.3 Å². The van der Waals surface area contributed by atoms with Gasteiger partial charge >= 0.3 is 0 Å². The number of nitrogens with zero attached hydrogens (tertiary/aromatic N) is 3. The summed E-state index contributed by atoms with van der Waals surface area (Å²) in [7, 11) is 1.55. The quantitative estimate of drug-likeness (QED) is 0.288. The lowest BCUT2D eigenvalue weighted by molar-refractivity contribution is 0.212. The zero-order chi connectivity index (χ0) is 23.2. The molecule has 1 aromatic heterocycles. The first-order valence-electron chi connectivity index (χ1n) is 10.9. The van der Waals surface area contributed by atoms with Crippen molar-refractivity contribution in [3.63, 3.8) is 0 Å². The van der Waals surface area contributed by atoms with E-state index in [1.165, 1.54) is 18.5 Å². The molecule has 0 bridgehead atoms. The van der Waals surface area contributed by atoms with Crippen molar-refractivity contribution in [2.75, 3.05) is 38.6 Å². The molecule has 2 fully saturated rings. The molecule has 0 aliphatic carbocycles. The number of rotatable bonds is 4. The standard InChI is InChI=1S/C23H24Cl2FN5O2/c1-33-19-11-17-14(10-18(19)31(32)9-6-23(12-31)4-7-27-8-5-23)22(29-13-28-17)30-16-3-2-15(24)20(25)21(16)26/h2-3,10-11,13,27H,4-9,12H2,1H3,(H,28,29,30). The number of piperidine rings is 1. The summed E-state index contributed by atoms with van der Waals surface area (Å²) in [6, 6.07) is 6.52. The molecule has 2 aromatic carbocycles. The highest BCUT2D eigenvalue weighted by molar-refractivity contribution is 6.42. The molecule has 0 amide bonds. The number of quaternary nitrogens is 1. The Kier molecular flexibility index (Phi) is 5.83. The minimum absolute atomic E-state index is 0.0461. The normalized spacial score (nSPS) is 22.1. The molecule has 5 rings (SSSR count). The van der Waals surface area contributed by atoms with Crippen LogP contribution in [0.15, 0.2) is 30.6 Å². The van der Waals surface area contributed by atoms with E-state index in [4.69, 9.17) is 27.9 Å². The maximum absolute atomic E-state index is 14.7. The summed E-state index contributed by atoms with van der Waals surface area (Å²) in [5, 5.41) is 21.0. The Labute approximate surface area is 201 Å². The van der Waals surface area contributed by atoms with Crippen molar-refractivity contribution in [2.45, 2.75) is 19.3 Å². The van der Waals surface area contributed by atoms with Gasteiger partial charge in [-0.15, -0.1) is 0 Å². The lowest BCUT2D eigenvalue weighted by Gasteiger charge is -2.42. The fourth-order valence-corrected chi connectivity index (χ4v) is 5.40. The molecule has 33 heavy (non-hydrogen) atoms. The van der Waals surface area contributed by atoms with Crippen LogP contribution in [0.4, 0.5) is 21.6 Å². The summed E-state index contributed by atoms with van der Waals surface area (Å²) in [4.78, 5) is 8.63. The largest absolute Gasteiger partial charge is 0.627 e. The summed E-state index contributed by atoms with van der Waals surface area (Å²) in [6.45, 7) is 2.87. The maximum Gasteiger partial charge on any atom is 0.182 e. The first-order valence-corrected chi connectivity index (χ1v) is 11.6. The SMILES string of the molecule is COc1cc2ncnc(Nc3ccc(Cl)c(Cl)c3F)c2cc1[N+]1([O-])CCC2(CCNCC2)C1. The van der Waals surface area contributed by atoms with Crippen LogP contribution in [0.5, 0.6) is 5.75 Å². The van der Waals surface area contributed by atoms with E-state index in [1.807, 2.05) is 0 Å². The molecule has 1 atom stereocenters. The highest BCUT2D eigenvalue weighted by Gasteiger charge is 2.47. The molecule has 0 radical (unpaired) electrons. The van der Waals surface area contributed by atoms with Crippen LogP contribution < -0.4 is 20.0 Å². The van der Waals surface area contributed by atoms with Gasteiger partial charge in [-0.2, -0.15) is 0 Å². The first-order chi connectivity index (χ1) is 15.8. The van der Waals surface area contributed by atoms with Crippen molar-refractivity contribution in [1.82, 2.24) is 19.9 Å². The molecule has 2 aliphatic rings. The third kappa shape index (κ3) is 4.00. The zero-order valence-corrected chi connectivity index (χ0v) is 19.6. The molecule has 1 spiro atoms. The molecule has 0 saturated carbocycles. The fourth-order valence-electron chi connectivity index (χ4n) is 5.09. The van der Waals surface area contributed by atoms with Crippen LogP contribution in [0.2, 0.25) is 10.0 Å². The summed E-state index contributed by atoms with van der Waals surface area (Å²) in [5.74, 6) is 0.182. The van der Waals surface area contributed by atoms with Crippen LogP contribution in [0, 0.1) is 16.4 Å². The van der Waals surface area contributed by atoms with Crippen molar-refractivity contribution in [2.24, 2.45) is 5.41 Å². The predicted octanol–water partition coefficient (Wildman–Crippen LogP) is 5.41. The van der Waals surface area contributed by atoms with E-state index in [9.17, 15) is 9.60 Å². The molecular weight excluding hydrogens is 468 g/mol. The third-order valence-corrected chi connectivity index (χ3v) is 7.70. The van der Waals surface area contributed by atoms with Crippen molar-refractivity contribution in [3.8, 4) is 5.75 Å². The lowest BCUT2D eigenvalue weighted by Crippen LogP contribution is -2.45. The first kappa shape index (κ1) is 22.6. The van der Waals surface area contributed by atoms with Crippen LogP contribution in [0.3, 0.4) is 0 Å². The van der Waals surface area contributed by atoms with Crippen LogP contribution in [0.25, 0.3) is 10.9 Å². The van der Waals surface area contributed by atoms with Gasteiger partial charge in [0.05, 0.1) is 41.4 Å². The molecular formula is C23H24Cl2FN5O2. The molecule has 174 valence electrons. The predicted molar refractivity (Wildman–Crippen MR) is 130 cm³/mol. The highest BCUT2D eigenvalue weighted by Crippen LogP contribution is 2.48. The van der Waals surface area contributed by atoms with Gasteiger partial charge in [0.1, 0.15) is 12.1 Å². The van der Waals surface area contributed by atoms with E-state index in [-0.39, 0.29) is 21.1 Å². The number of benzene rings is 2. The van der Waals surface area contributed by atoms with Crippen LogP contribution in [0.1, 0.15) is 19.3 Å². The molecule has 10 heteroatoms. The minimum atomic E-state index is -0.676. The second-order valence-corrected chi connectivity index (χ2v) is 9.67. The summed E-state index contributed by atoms with van der Waals surface area (Å²) >= 11 is 11.9. The Balaban J connectivity index is 1.57. The minimum Gasteiger partial charge on any atom is -0.627 e. The number of ether oxygens (including phenoxy) is 1. The number of methoxy groups -OCH3 is 1. The number of halogens is 3. The van der Waals surface area contributed by atoms with Crippen LogP contribution in [-0.2, 0) is 0 Å². The van der Waals surface area contributed by atoms with Gasteiger partial charge in [0, 0.05) is 29.4 Å². The van der Waals surface area contributed by atoms with Gasteiger partial charge in [0.25, 0.3) is 0 Å². The van der Waals surface area contributed by atoms with E-state index in [1.54, 1.807) is 19.2 Å². The number of nitrogens with one attached hydrogen (secondary N) is 2. The molecule has 7 nitrogen and oxygen atoms in total. The topological polar surface area (TPSA) is 82.1 Å². The Morgan fingerprint density at radius 3 is 2.73 bits per heavy atom.